The minimum absolute atomic E-state index is 0.176. The van der Waals surface area contributed by atoms with Crippen LogP contribution in [0.1, 0.15) is 17.8 Å². The molecule has 1 aromatic heterocycles. The fraction of sp³-hybridized carbons (Fsp3) is 0.625. The van der Waals surface area contributed by atoms with Gasteiger partial charge in [0.05, 0.1) is 12.2 Å². The quantitative estimate of drug-likeness (QED) is 0.785. The topological polar surface area (TPSA) is 61.9 Å². The normalized spacial score (nSPS) is 15.4. The lowest BCUT2D eigenvalue weighted by Crippen LogP contribution is -2.36. The second-order valence-corrected chi connectivity index (χ2v) is 4.01. The maximum atomic E-state index is 11.6. The van der Waals surface area contributed by atoms with Gasteiger partial charge in [0.15, 0.2) is 0 Å². The first-order chi connectivity index (χ1) is 6.81. The van der Waals surface area contributed by atoms with Crippen molar-refractivity contribution in [3.05, 3.63) is 11.4 Å². The molecule has 0 atom stereocenters. The number of carbonyl (C=O) groups is 1. The van der Waals surface area contributed by atoms with Crippen LogP contribution in [-0.4, -0.2) is 38.1 Å². The molecule has 1 aromatic rings. The third-order valence-electron chi connectivity index (χ3n) is 2.32. The van der Waals surface area contributed by atoms with E-state index < -0.39 is 0 Å². The summed E-state index contributed by atoms with van der Waals surface area (Å²) in [5.74, 6) is 0.176. The third kappa shape index (κ3) is 1.79. The SMILES string of the molecule is O=C(CCBr)N1CCc2n[nH]nc2C1. The molecule has 0 bridgehead atoms. The molecule has 76 valence electrons. The molecule has 0 unspecified atom stereocenters. The van der Waals surface area contributed by atoms with Gasteiger partial charge < -0.3 is 4.90 Å². The fourth-order valence-corrected chi connectivity index (χ4v) is 1.89. The number of fused-ring (bicyclic) bond motifs is 1. The van der Waals surface area contributed by atoms with Crippen molar-refractivity contribution in [3.63, 3.8) is 0 Å². The molecule has 0 radical (unpaired) electrons. The summed E-state index contributed by atoms with van der Waals surface area (Å²) in [5.41, 5.74) is 1.90. The van der Waals surface area contributed by atoms with Gasteiger partial charge in [-0.15, -0.1) is 0 Å². The van der Waals surface area contributed by atoms with Gasteiger partial charge in [-0.05, 0) is 0 Å². The standard InChI is InChI=1S/C8H11BrN4O/c9-3-1-8(14)13-4-2-6-7(5-13)11-12-10-6/h1-5H2,(H,10,11,12). The monoisotopic (exact) mass is 258 g/mol. The second-order valence-electron chi connectivity index (χ2n) is 3.22. The van der Waals surface area contributed by atoms with E-state index in [4.69, 9.17) is 0 Å². The Hall–Kier alpha value is -0.910. The number of alkyl halides is 1. The lowest BCUT2D eigenvalue weighted by molar-refractivity contribution is -0.131. The summed E-state index contributed by atoms with van der Waals surface area (Å²) in [6.07, 6.45) is 1.35. The van der Waals surface area contributed by atoms with Crippen molar-refractivity contribution in [2.24, 2.45) is 0 Å². The summed E-state index contributed by atoms with van der Waals surface area (Å²) in [5, 5.41) is 11.3. The molecule has 0 spiro atoms. The van der Waals surface area contributed by atoms with Crippen molar-refractivity contribution >= 4 is 21.8 Å². The largest absolute Gasteiger partial charge is 0.336 e. The maximum absolute atomic E-state index is 11.6. The van der Waals surface area contributed by atoms with E-state index in [1.807, 2.05) is 4.90 Å². The van der Waals surface area contributed by atoms with Crippen LogP contribution in [0.15, 0.2) is 0 Å². The van der Waals surface area contributed by atoms with Crippen LogP contribution in [0.3, 0.4) is 0 Å². The van der Waals surface area contributed by atoms with Crippen LogP contribution in [0.25, 0.3) is 0 Å². The number of nitrogens with one attached hydrogen (secondary N) is 1. The van der Waals surface area contributed by atoms with Gasteiger partial charge in [0, 0.05) is 24.7 Å². The predicted octanol–water partition coefficient (Wildman–Crippen LogP) is 0.474. The van der Waals surface area contributed by atoms with Gasteiger partial charge in [-0.3, -0.25) is 4.79 Å². The number of aromatic nitrogens is 3. The van der Waals surface area contributed by atoms with Crippen molar-refractivity contribution < 1.29 is 4.79 Å². The molecular formula is C8H11BrN4O. The first-order valence-electron chi connectivity index (χ1n) is 4.53. The van der Waals surface area contributed by atoms with Crippen molar-refractivity contribution in [1.29, 1.82) is 0 Å². The highest BCUT2D eigenvalue weighted by molar-refractivity contribution is 9.09. The average molecular weight is 259 g/mol. The fourth-order valence-electron chi connectivity index (χ4n) is 1.55. The van der Waals surface area contributed by atoms with Crippen LogP contribution >= 0.6 is 15.9 Å². The van der Waals surface area contributed by atoms with Crippen molar-refractivity contribution in [2.45, 2.75) is 19.4 Å². The zero-order valence-electron chi connectivity index (χ0n) is 7.66. The summed E-state index contributed by atoms with van der Waals surface area (Å²) >= 11 is 3.26. The highest BCUT2D eigenvalue weighted by Crippen LogP contribution is 2.14. The summed E-state index contributed by atoms with van der Waals surface area (Å²) < 4.78 is 0. The summed E-state index contributed by atoms with van der Waals surface area (Å²) in [6.45, 7) is 1.35. The van der Waals surface area contributed by atoms with Crippen molar-refractivity contribution in [1.82, 2.24) is 20.3 Å². The van der Waals surface area contributed by atoms with Gasteiger partial charge in [0.1, 0.15) is 5.69 Å². The maximum Gasteiger partial charge on any atom is 0.223 e. The minimum atomic E-state index is 0.176. The molecule has 0 fully saturated rings. The van der Waals surface area contributed by atoms with E-state index in [0.29, 0.717) is 18.3 Å². The molecule has 6 heteroatoms. The molecule has 0 aromatic carbocycles. The smallest absolute Gasteiger partial charge is 0.223 e. The Bertz CT molecular complexity index is 338. The molecule has 0 saturated carbocycles. The zero-order chi connectivity index (χ0) is 9.97. The number of hydrogen-bond acceptors (Lipinski definition) is 3. The predicted molar refractivity (Wildman–Crippen MR) is 53.9 cm³/mol. The first-order valence-corrected chi connectivity index (χ1v) is 5.65. The summed E-state index contributed by atoms with van der Waals surface area (Å²) in [4.78, 5) is 13.4. The lowest BCUT2D eigenvalue weighted by atomic mass is 10.1. The minimum Gasteiger partial charge on any atom is -0.336 e. The van der Waals surface area contributed by atoms with E-state index in [9.17, 15) is 4.79 Å². The highest BCUT2D eigenvalue weighted by Gasteiger charge is 2.22. The number of hydrogen-bond donors (Lipinski definition) is 1. The number of H-pyrrole nitrogens is 1. The van der Waals surface area contributed by atoms with E-state index in [2.05, 4.69) is 31.3 Å². The number of halogens is 1. The molecule has 1 amide bonds. The van der Waals surface area contributed by atoms with E-state index >= 15 is 0 Å². The molecule has 5 nitrogen and oxygen atoms in total. The van der Waals surface area contributed by atoms with Crippen LogP contribution < -0.4 is 0 Å². The van der Waals surface area contributed by atoms with Crippen LogP contribution in [0.2, 0.25) is 0 Å². The number of nitrogens with zero attached hydrogens (tertiary/aromatic N) is 3. The number of rotatable bonds is 2. The molecule has 1 N–H and O–H groups in total. The van der Waals surface area contributed by atoms with Crippen molar-refractivity contribution in [2.75, 3.05) is 11.9 Å². The number of aromatic amines is 1. The summed E-state index contributed by atoms with van der Waals surface area (Å²) in [6, 6.07) is 0. The Morgan fingerprint density at radius 3 is 3.07 bits per heavy atom. The van der Waals surface area contributed by atoms with Gasteiger partial charge in [-0.25, -0.2) is 0 Å². The Morgan fingerprint density at radius 2 is 2.29 bits per heavy atom. The van der Waals surface area contributed by atoms with E-state index in [1.165, 1.54) is 0 Å². The Kier molecular flexibility index (Phi) is 2.81. The lowest BCUT2D eigenvalue weighted by Gasteiger charge is -2.25. The van der Waals surface area contributed by atoms with Crippen LogP contribution in [0.5, 0.6) is 0 Å². The van der Waals surface area contributed by atoms with Gasteiger partial charge in [0.2, 0.25) is 5.91 Å². The first kappa shape index (κ1) is 9.64. The highest BCUT2D eigenvalue weighted by atomic mass is 79.9. The van der Waals surface area contributed by atoms with Crippen LogP contribution in [0, 0.1) is 0 Å². The molecule has 0 saturated heterocycles. The molecule has 0 aliphatic carbocycles. The second kappa shape index (κ2) is 4.08. The number of amides is 1. The molecule has 14 heavy (non-hydrogen) atoms. The van der Waals surface area contributed by atoms with Gasteiger partial charge >= 0.3 is 0 Å². The van der Waals surface area contributed by atoms with Crippen LogP contribution in [0.4, 0.5) is 0 Å². The zero-order valence-corrected chi connectivity index (χ0v) is 9.25. The van der Waals surface area contributed by atoms with E-state index in [-0.39, 0.29) is 5.91 Å². The van der Waals surface area contributed by atoms with E-state index in [1.54, 1.807) is 0 Å². The van der Waals surface area contributed by atoms with E-state index in [0.717, 1.165) is 24.4 Å². The van der Waals surface area contributed by atoms with Gasteiger partial charge in [0.25, 0.3) is 0 Å². The summed E-state index contributed by atoms with van der Waals surface area (Å²) in [7, 11) is 0. The molecule has 2 heterocycles. The molecule has 1 aliphatic heterocycles. The third-order valence-corrected chi connectivity index (χ3v) is 2.72. The Balaban J connectivity index is 2.04. The van der Waals surface area contributed by atoms with Crippen molar-refractivity contribution in [3.8, 4) is 0 Å². The molecule has 1 aliphatic rings. The Morgan fingerprint density at radius 1 is 1.50 bits per heavy atom. The molecular weight excluding hydrogens is 248 g/mol. The van der Waals surface area contributed by atoms with Crippen LogP contribution in [-0.2, 0) is 17.8 Å². The van der Waals surface area contributed by atoms with Gasteiger partial charge in [-0.2, -0.15) is 15.4 Å². The average Bonchev–Trinajstić information content (AvgIpc) is 2.64. The Labute approximate surface area is 90.0 Å². The molecule has 2 rings (SSSR count). The number of carbonyl (C=O) groups excluding carboxylic acids is 1. The van der Waals surface area contributed by atoms with Gasteiger partial charge in [-0.1, -0.05) is 15.9 Å².